The molecule has 3 aromatic carbocycles. The average Bonchev–Trinajstić information content (AvgIpc) is 2.79. The fourth-order valence-electron chi connectivity index (χ4n) is 3.55. The molecular weight excluding hydrogens is 426 g/mol. The topological polar surface area (TPSA) is 76.4 Å². The summed E-state index contributed by atoms with van der Waals surface area (Å²) in [7, 11) is 0. The van der Waals surface area contributed by atoms with Crippen molar-refractivity contribution in [3.05, 3.63) is 111 Å². The summed E-state index contributed by atoms with van der Waals surface area (Å²) in [6, 6.07) is 22.1. The van der Waals surface area contributed by atoms with E-state index in [1.165, 1.54) is 17.6 Å². The number of hydrogen-bond donors (Lipinski definition) is 1. The molecule has 1 aromatic heterocycles. The van der Waals surface area contributed by atoms with E-state index in [4.69, 9.17) is 11.6 Å². The number of halogens is 1. The average molecular weight is 444 g/mol. The molecule has 32 heavy (non-hydrogen) atoms. The van der Waals surface area contributed by atoms with Crippen LogP contribution in [0.2, 0.25) is 5.02 Å². The fourth-order valence-corrected chi connectivity index (χ4v) is 3.68. The lowest BCUT2D eigenvalue weighted by Gasteiger charge is -2.15. The molecule has 6 heteroatoms. The largest absolute Gasteiger partial charge is 0.506 e. The molecule has 0 aliphatic carbocycles. The highest BCUT2D eigenvalue weighted by Crippen LogP contribution is 2.30. The number of aromatic nitrogens is 1. The highest BCUT2D eigenvalue weighted by atomic mass is 35.5. The number of carbonyl (C=O) groups is 2. The number of allylic oxidation sites excluding steroid dienone is 1. The second-order valence-electron chi connectivity index (χ2n) is 7.21. The maximum atomic E-state index is 13.5. The summed E-state index contributed by atoms with van der Waals surface area (Å²) >= 11 is 5.91. The minimum absolute atomic E-state index is 0.213. The molecule has 0 radical (unpaired) electrons. The Balaban J connectivity index is 1.99. The molecule has 0 aliphatic rings. The predicted molar refractivity (Wildman–Crippen MR) is 126 cm³/mol. The Morgan fingerprint density at radius 2 is 1.53 bits per heavy atom. The second-order valence-corrected chi connectivity index (χ2v) is 7.65. The van der Waals surface area contributed by atoms with Gasteiger partial charge in [-0.05, 0) is 55.0 Å². The number of nitrogens with zero attached hydrogens (tertiary/aromatic N) is 1. The molecule has 0 fully saturated rings. The van der Waals surface area contributed by atoms with Crippen LogP contribution in [0.5, 0.6) is 5.75 Å². The zero-order valence-electron chi connectivity index (χ0n) is 17.1. The van der Waals surface area contributed by atoms with Gasteiger partial charge in [-0.2, -0.15) is 0 Å². The van der Waals surface area contributed by atoms with Crippen molar-refractivity contribution >= 4 is 40.1 Å². The van der Waals surface area contributed by atoms with Gasteiger partial charge in [0.05, 0.1) is 11.1 Å². The zero-order chi connectivity index (χ0) is 22.8. The predicted octanol–water partition coefficient (Wildman–Crippen LogP) is 5.21. The van der Waals surface area contributed by atoms with Crippen LogP contribution in [-0.2, 0) is 4.79 Å². The van der Waals surface area contributed by atoms with Gasteiger partial charge in [-0.3, -0.25) is 19.0 Å². The Kier molecular flexibility index (Phi) is 5.75. The lowest BCUT2D eigenvalue weighted by molar-refractivity contribution is -0.113. The number of fused-ring (bicyclic) bond motifs is 1. The quantitative estimate of drug-likeness (QED) is 0.199. The maximum absolute atomic E-state index is 13.5. The molecule has 0 unspecified atom stereocenters. The van der Waals surface area contributed by atoms with E-state index in [0.29, 0.717) is 27.2 Å². The van der Waals surface area contributed by atoms with E-state index in [1.54, 1.807) is 72.8 Å². The van der Waals surface area contributed by atoms with Gasteiger partial charge in [0.15, 0.2) is 5.78 Å². The first kappa shape index (κ1) is 21.3. The standard InChI is InChI=1S/C26H18ClNO4/c1-16(29)21(15-17-11-13-18(27)14-12-17)25(31)23-24(30)20-9-5-6-10-22(20)28(26(23)32)19-7-3-2-4-8-19/h2-15,30H,1H3/b21-15+. The molecule has 4 rings (SSSR count). The lowest BCUT2D eigenvalue weighted by atomic mass is 9.96. The molecular formula is C26H18ClNO4. The molecule has 0 atom stereocenters. The fraction of sp³-hybridized carbons (Fsp3) is 0.0385. The van der Waals surface area contributed by atoms with Crippen LogP contribution in [0.25, 0.3) is 22.7 Å². The SMILES string of the molecule is CC(=O)/C(=C\c1ccc(Cl)cc1)C(=O)c1c(O)c2ccccc2n(-c2ccccc2)c1=O. The summed E-state index contributed by atoms with van der Waals surface area (Å²) in [4.78, 5) is 39.3. The lowest BCUT2D eigenvalue weighted by Crippen LogP contribution is -2.27. The molecule has 1 N–H and O–H groups in total. The van der Waals surface area contributed by atoms with Crippen molar-refractivity contribution in [1.82, 2.24) is 4.57 Å². The van der Waals surface area contributed by atoms with E-state index in [-0.39, 0.29) is 5.57 Å². The molecule has 4 aromatic rings. The number of benzene rings is 3. The molecule has 158 valence electrons. The van der Waals surface area contributed by atoms with Crippen LogP contribution in [0.3, 0.4) is 0 Å². The summed E-state index contributed by atoms with van der Waals surface area (Å²) < 4.78 is 1.36. The van der Waals surface area contributed by atoms with Gasteiger partial charge in [-0.15, -0.1) is 0 Å². The molecule has 0 amide bonds. The Bertz CT molecular complexity index is 1430. The van der Waals surface area contributed by atoms with Crippen LogP contribution in [0.15, 0.2) is 89.2 Å². The normalized spacial score (nSPS) is 11.5. The molecule has 0 bridgehead atoms. The molecule has 0 spiro atoms. The summed E-state index contributed by atoms with van der Waals surface area (Å²) in [5, 5.41) is 11.8. The van der Waals surface area contributed by atoms with Gasteiger partial charge < -0.3 is 5.11 Å². The Hall–Kier alpha value is -3.96. The number of pyridine rings is 1. The van der Waals surface area contributed by atoms with E-state index < -0.39 is 28.4 Å². The Morgan fingerprint density at radius 3 is 2.19 bits per heavy atom. The maximum Gasteiger partial charge on any atom is 0.270 e. The highest BCUT2D eigenvalue weighted by molar-refractivity contribution is 6.31. The van der Waals surface area contributed by atoms with Gasteiger partial charge >= 0.3 is 0 Å². The van der Waals surface area contributed by atoms with E-state index in [9.17, 15) is 19.5 Å². The van der Waals surface area contributed by atoms with Gasteiger partial charge in [0.2, 0.25) is 5.78 Å². The van der Waals surface area contributed by atoms with Gasteiger partial charge in [-0.1, -0.05) is 54.1 Å². The minimum atomic E-state index is -0.842. The third kappa shape index (κ3) is 3.86. The van der Waals surface area contributed by atoms with E-state index in [0.717, 1.165) is 0 Å². The van der Waals surface area contributed by atoms with Gasteiger partial charge in [0.1, 0.15) is 11.3 Å². The number of para-hydroxylation sites is 2. The second kappa shape index (κ2) is 8.65. The third-order valence-corrected chi connectivity index (χ3v) is 5.35. The van der Waals surface area contributed by atoms with Crippen LogP contribution >= 0.6 is 11.6 Å². The van der Waals surface area contributed by atoms with E-state index in [1.807, 2.05) is 6.07 Å². The van der Waals surface area contributed by atoms with E-state index in [2.05, 4.69) is 0 Å². The van der Waals surface area contributed by atoms with Crippen molar-refractivity contribution in [2.45, 2.75) is 6.92 Å². The summed E-state index contributed by atoms with van der Waals surface area (Å²) in [5.74, 6) is -1.82. The minimum Gasteiger partial charge on any atom is -0.506 e. The van der Waals surface area contributed by atoms with Crippen LogP contribution < -0.4 is 5.56 Å². The van der Waals surface area contributed by atoms with Crippen molar-refractivity contribution in [3.63, 3.8) is 0 Å². The zero-order valence-corrected chi connectivity index (χ0v) is 17.8. The first-order valence-electron chi connectivity index (χ1n) is 9.83. The number of hydrogen-bond acceptors (Lipinski definition) is 4. The van der Waals surface area contributed by atoms with Crippen molar-refractivity contribution in [2.24, 2.45) is 0 Å². The third-order valence-electron chi connectivity index (χ3n) is 5.10. The van der Waals surface area contributed by atoms with E-state index >= 15 is 0 Å². The van der Waals surface area contributed by atoms with Gasteiger partial charge in [0.25, 0.3) is 5.56 Å². The summed E-state index contributed by atoms with van der Waals surface area (Å²) in [6.45, 7) is 1.24. The number of ketones is 2. The summed E-state index contributed by atoms with van der Waals surface area (Å²) in [5.41, 5.74) is 0.174. The number of carbonyl (C=O) groups excluding carboxylic acids is 2. The summed E-state index contributed by atoms with van der Waals surface area (Å²) in [6.07, 6.45) is 1.39. The number of Topliss-reactive ketones (excluding diaryl/α,β-unsaturated/α-hetero) is 2. The number of aromatic hydroxyl groups is 1. The highest BCUT2D eigenvalue weighted by Gasteiger charge is 2.27. The van der Waals surface area contributed by atoms with Gasteiger partial charge in [-0.25, -0.2) is 0 Å². The van der Waals surface area contributed by atoms with Crippen LogP contribution in [-0.4, -0.2) is 21.2 Å². The monoisotopic (exact) mass is 443 g/mol. The molecule has 0 saturated carbocycles. The van der Waals surface area contributed by atoms with Crippen molar-refractivity contribution in [3.8, 4) is 11.4 Å². The van der Waals surface area contributed by atoms with Crippen LogP contribution in [0.4, 0.5) is 0 Å². The number of rotatable bonds is 5. The van der Waals surface area contributed by atoms with Crippen molar-refractivity contribution in [2.75, 3.05) is 0 Å². The molecule has 0 aliphatic heterocycles. The van der Waals surface area contributed by atoms with Crippen molar-refractivity contribution in [1.29, 1.82) is 0 Å². The molecule has 1 heterocycles. The first-order chi connectivity index (χ1) is 15.4. The van der Waals surface area contributed by atoms with Crippen LogP contribution in [0, 0.1) is 0 Å². The first-order valence-corrected chi connectivity index (χ1v) is 10.2. The molecule has 5 nitrogen and oxygen atoms in total. The Morgan fingerprint density at radius 1 is 0.906 bits per heavy atom. The molecule has 0 saturated heterocycles. The smallest absolute Gasteiger partial charge is 0.270 e. The van der Waals surface area contributed by atoms with Gasteiger partial charge in [0, 0.05) is 16.1 Å². The Labute approximate surface area is 188 Å². The van der Waals surface area contributed by atoms with Crippen LogP contribution in [0.1, 0.15) is 22.8 Å². The van der Waals surface area contributed by atoms with Crippen molar-refractivity contribution < 1.29 is 14.7 Å².